The zero-order valence-electron chi connectivity index (χ0n) is 10.3. The first-order valence-corrected chi connectivity index (χ1v) is 5.67. The van der Waals surface area contributed by atoms with Crippen molar-refractivity contribution in [2.75, 3.05) is 5.32 Å². The summed E-state index contributed by atoms with van der Waals surface area (Å²) in [6.45, 7) is 6.61. The van der Waals surface area contributed by atoms with E-state index >= 15 is 0 Å². The molecule has 0 aliphatic carbocycles. The second kappa shape index (κ2) is 4.57. The van der Waals surface area contributed by atoms with Crippen molar-refractivity contribution in [2.45, 2.75) is 27.3 Å². The molecule has 0 aliphatic heterocycles. The largest absolute Gasteiger partial charge is 0.326 e. The first kappa shape index (κ1) is 11.6. The van der Waals surface area contributed by atoms with E-state index in [0.717, 1.165) is 23.9 Å². The number of aryl methyl sites for hydroxylation is 3. The van der Waals surface area contributed by atoms with Gasteiger partial charge in [0.25, 0.3) is 0 Å². The smallest absolute Gasteiger partial charge is 0.207 e. The first-order valence-electron chi connectivity index (χ1n) is 5.67. The Morgan fingerprint density at radius 2 is 2.12 bits per heavy atom. The number of rotatable bonds is 3. The summed E-state index contributed by atoms with van der Waals surface area (Å²) < 4.78 is 15.2. The fourth-order valence-corrected chi connectivity index (χ4v) is 1.74. The van der Waals surface area contributed by atoms with Crippen LogP contribution in [0.25, 0.3) is 0 Å². The minimum absolute atomic E-state index is 0.189. The Balaban J connectivity index is 2.27. The van der Waals surface area contributed by atoms with Crippen LogP contribution in [0.4, 0.5) is 16.0 Å². The second-order valence-corrected chi connectivity index (χ2v) is 4.08. The van der Waals surface area contributed by atoms with Crippen LogP contribution in [-0.2, 0) is 6.54 Å². The van der Waals surface area contributed by atoms with Crippen molar-refractivity contribution >= 4 is 11.6 Å². The number of halogens is 1. The van der Waals surface area contributed by atoms with Crippen LogP contribution in [0.15, 0.2) is 24.4 Å². The molecular weight excluding hydrogens is 217 g/mol. The van der Waals surface area contributed by atoms with E-state index in [1.54, 1.807) is 19.1 Å². The van der Waals surface area contributed by atoms with Crippen LogP contribution in [0, 0.1) is 19.7 Å². The van der Waals surface area contributed by atoms with Gasteiger partial charge in [0.05, 0.1) is 5.69 Å². The molecule has 0 saturated heterocycles. The topological polar surface area (TPSA) is 29.9 Å². The Hall–Kier alpha value is -1.84. The van der Waals surface area contributed by atoms with E-state index in [2.05, 4.69) is 17.2 Å². The molecule has 4 heteroatoms. The van der Waals surface area contributed by atoms with Gasteiger partial charge < -0.3 is 9.88 Å². The first-order chi connectivity index (χ1) is 8.10. The number of hydrogen-bond acceptors (Lipinski definition) is 2. The van der Waals surface area contributed by atoms with Crippen molar-refractivity contribution in [1.29, 1.82) is 0 Å². The molecule has 0 fully saturated rings. The van der Waals surface area contributed by atoms with Crippen LogP contribution < -0.4 is 5.32 Å². The van der Waals surface area contributed by atoms with Gasteiger partial charge in [-0.2, -0.15) is 0 Å². The number of nitrogens with zero attached hydrogens (tertiary/aromatic N) is 2. The summed E-state index contributed by atoms with van der Waals surface area (Å²) in [5.41, 5.74) is 2.44. The quantitative estimate of drug-likeness (QED) is 0.880. The zero-order chi connectivity index (χ0) is 12.4. The van der Waals surface area contributed by atoms with E-state index in [1.807, 2.05) is 17.7 Å². The third-order valence-corrected chi connectivity index (χ3v) is 2.65. The summed E-state index contributed by atoms with van der Waals surface area (Å²) >= 11 is 0. The minimum atomic E-state index is -0.189. The van der Waals surface area contributed by atoms with Gasteiger partial charge in [0, 0.05) is 18.4 Å². The van der Waals surface area contributed by atoms with Crippen LogP contribution in [0.3, 0.4) is 0 Å². The highest BCUT2D eigenvalue weighted by Gasteiger charge is 2.05. The SMILES string of the molecule is CCn1cc(C)nc1Nc1ccc(F)c(C)c1. The molecule has 3 nitrogen and oxygen atoms in total. The summed E-state index contributed by atoms with van der Waals surface area (Å²) in [5.74, 6) is 0.599. The third-order valence-electron chi connectivity index (χ3n) is 2.65. The number of benzene rings is 1. The van der Waals surface area contributed by atoms with Gasteiger partial charge in [-0.15, -0.1) is 0 Å². The fraction of sp³-hybridized carbons (Fsp3) is 0.308. The molecule has 0 unspecified atom stereocenters. The van der Waals surface area contributed by atoms with Gasteiger partial charge in [-0.05, 0) is 44.5 Å². The van der Waals surface area contributed by atoms with Gasteiger partial charge in [0.2, 0.25) is 5.95 Å². The predicted octanol–water partition coefficient (Wildman–Crippen LogP) is 3.40. The Labute approximate surface area is 100 Å². The highest BCUT2D eigenvalue weighted by atomic mass is 19.1. The molecule has 0 amide bonds. The molecule has 17 heavy (non-hydrogen) atoms. The Bertz CT molecular complexity index is 531. The number of hydrogen-bond donors (Lipinski definition) is 1. The molecule has 2 aromatic rings. The lowest BCUT2D eigenvalue weighted by Crippen LogP contribution is -2.01. The number of imidazole rings is 1. The van der Waals surface area contributed by atoms with E-state index in [1.165, 1.54) is 6.07 Å². The Morgan fingerprint density at radius 3 is 2.76 bits per heavy atom. The summed E-state index contributed by atoms with van der Waals surface area (Å²) in [6, 6.07) is 4.95. The lowest BCUT2D eigenvalue weighted by atomic mass is 10.2. The van der Waals surface area contributed by atoms with Gasteiger partial charge in [-0.25, -0.2) is 9.37 Å². The molecule has 0 radical (unpaired) electrons. The monoisotopic (exact) mass is 233 g/mol. The molecule has 0 bridgehead atoms. The van der Waals surface area contributed by atoms with Gasteiger partial charge in [0.1, 0.15) is 5.82 Å². The van der Waals surface area contributed by atoms with Crippen LogP contribution in [0.5, 0.6) is 0 Å². The van der Waals surface area contributed by atoms with Crippen LogP contribution in [0.2, 0.25) is 0 Å². The molecule has 1 aromatic carbocycles. The average Bonchev–Trinajstić information content (AvgIpc) is 2.64. The standard InChI is InChI=1S/C13H16FN3/c1-4-17-8-10(3)15-13(17)16-11-5-6-12(14)9(2)7-11/h5-8H,4H2,1-3H3,(H,15,16). The molecule has 0 spiro atoms. The Kier molecular flexibility index (Phi) is 3.13. The molecule has 1 heterocycles. The maximum absolute atomic E-state index is 13.1. The van der Waals surface area contributed by atoms with Gasteiger partial charge >= 0.3 is 0 Å². The molecule has 0 aliphatic rings. The molecule has 0 saturated carbocycles. The number of anilines is 2. The molecule has 0 atom stereocenters. The van der Waals surface area contributed by atoms with Crippen LogP contribution in [0.1, 0.15) is 18.2 Å². The van der Waals surface area contributed by atoms with Crippen molar-refractivity contribution in [3.63, 3.8) is 0 Å². The van der Waals surface area contributed by atoms with Gasteiger partial charge in [-0.1, -0.05) is 0 Å². The summed E-state index contributed by atoms with van der Waals surface area (Å²) in [5, 5.41) is 3.20. The van der Waals surface area contributed by atoms with E-state index in [4.69, 9.17) is 0 Å². The van der Waals surface area contributed by atoms with E-state index < -0.39 is 0 Å². The average molecular weight is 233 g/mol. The number of nitrogens with one attached hydrogen (secondary N) is 1. The van der Waals surface area contributed by atoms with Crippen LogP contribution >= 0.6 is 0 Å². The zero-order valence-corrected chi connectivity index (χ0v) is 10.3. The van der Waals surface area contributed by atoms with Crippen molar-refractivity contribution in [2.24, 2.45) is 0 Å². The fourth-order valence-electron chi connectivity index (χ4n) is 1.74. The van der Waals surface area contributed by atoms with Gasteiger partial charge in [-0.3, -0.25) is 0 Å². The van der Waals surface area contributed by atoms with Crippen molar-refractivity contribution < 1.29 is 4.39 Å². The number of aromatic nitrogens is 2. The van der Waals surface area contributed by atoms with E-state index in [9.17, 15) is 4.39 Å². The molecule has 2 rings (SSSR count). The van der Waals surface area contributed by atoms with E-state index in [-0.39, 0.29) is 5.82 Å². The third kappa shape index (κ3) is 2.46. The minimum Gasteiger partial charge on any atom is -0.326 e. The molecule has 1 N–H and O–H groups in total. The van der Waals surface area contributed by atoms with Crippen LogP contribution in [-0.4, -0.2) is 9.55 Å². The normalized spacial score (nSPS) is 10.6. The molecule has 1 aromatic heterocycles. The lowest BCUT2D eigenvalue weighted by molar-refractivity contribution is 0.619. The van der Waals surface area contributed by atoms with Crippen molar-refractivity contribution in [3.8, 4) is 0 Å². The Morgan fingerprint density at radius 1 is 1.35 bits per heavy atom. The predicted molar refractivity (Wildman–Crippen MR) is 67.1 cm³/mol. The molecular formula is C13H16FN3. The van der Waals surface area contributed by atoms with Crippen molar-refractivity contribution in [1.82, 2.24) is 9.55 Å². The van der Waals surface area contributed by atoms with Crippen molar-refractivity contribution in [3.05, 3.63) is 41.5 Å². The highest BCUT2D eigenvalue weighted by molar-refractivity contribution is 5.55. The van der Waals surface area contributed by atoms with Gasteiger partial charge in [0.15, 0.2) is 0 Å². The summed E-state index contributed by atoms with van der Waals surface area (Å²) in [6.07, 6.45) is 1.98. The highest BCUT2D eigenvalue weighted by Crippen LogP contribution is 2.19. The van der Waals surface area contributed by atoms with E-state index in [0.29, 0.717) is 5.56 Å². The maximum atomic E-state index is 13.1. The summed E-state index contributed by atoms with van der Waals surface area (Å²) in [7, 11) is 0. The second-order valence-electron chi connectivity index (χ2n) is 4.08. The molecule has 90 valence electrons. The lowest BCUT2D eigenvalue weighted by Gasteiger charge is -2.08. The summed E-state index contributed by atoms with van der Waals surface area (Å²) in [4.78, 5) is 4.39. The maximum Gasteiger partial charge on any atom is 0.207 e.